The Balaban J connectivity index is 1.74. The molecule has 0 saturated heterocycles. The van der Waals surface area contributed by atoms with Crippen LogP contribution in [-0.4, -0.2) is 54.7 Å². The monoisotopic (exact) mass is 437 g/mol. The Morgan fingerprint density at radius 1 is 1.06 bits per heavy atom. The van der Waals surface area contributed by atoms with Gasteiger partial charge in [0.25, 0.3) is 0 Å². The van der Waals surface area contributed by atoms with E-state index in [1.807, 2.05) is 32.0 Å². The molecule has 1 aliphatic heterocycles. The van der Waals surface area contributed by atoms with Crippen molar-refractivity contribution < 1.29 is 38.1 Å². The molecule has 0 N–H and O–H groups in total. The molecule has 1 atom stereocenters. The van der Waals surface area contributed by atoms with Gasteiger partial charge in [0.15, 0.2) is 11.5 Å². The lowest BCUT2D eigenvalue weighted by atomic mass is 10.1. The van der Waals surface area contributed by atoms with Crippen molar-refractivity contribution in [3.8, 4) is 11.5 Å². The largest absolute Gasteiger partial charge is 0.460 e. The molecule has 172 valence electrons. The molecule has 1 aromatic rings. The Bertz CT molecular complexity index is 786. The van der Waals surface area contributed by atoms with E-state index in [1.165, 1.54) is 0 Å². The average Bonchev–Trinajstić information content (AvgIpc) is 3.13. The molecule has 0 saturated carbocycles. The minimum Gasteiger partial charge on any atom is -0.460 e. The van der Waals surface area contributed by atoms with Gasteiger partial charge < -0.3 is 28.6 Å². The van der Waals surface area contributed by atoms with Gasteiger partial charge in [-0.3, -0.25) is 9.59 Å². The normalized spacial score (nSPS) is 13.3. The van der Waals surface area contributed by atoms with Crippen LogP contribution in [-0.2, 0) is 30.2 Å². The first-order valence-corrected chi connectivity index (χ1v) is 10.3. The SMILES string of the molecule is CCN(C(=O)OCOC(=O)CCC(=O)OC(C)(C)C)[C@@H](C)Cc1ccc2c(c1)OCO2. The summed E-state index contributed by atoms with van der Waals surface area (Å²) in [6.45, 7) is 9.10. The van der Waals surface area contributed by atoms with Crippen LogP contribution in [0.1, 0.15) is 53.0 Å². The van der Waals surface area contributed by atoms with Crippen LogP contribution in [0, 0.1) is 0 Å². The summed E-state index contributed by atoms with van der Waals surface area (Å²) >= 11 is 0. The standard InChI is InChI=1S/C22H31NO8/c1-6-23(15(2)11-16-7-8-17-18(12-16)28-13-27-17)21(26)30-14-29-19(24)9-10-20(25)31-22(3,4)5/h7-8,12,15H,6,9-11,13-14H2,1-5H3/t15-/m0/s1. The maximum atomic E-state index is 12.4. The number of amides is 1. The van der Waals surface area contributed by atoms with Crippen LogP contribution in [0.3, 0.4) is 0 Å². The summed E-state index contributed by atoms with van der Waals surface area (Å²) in [6, 6.07) is 5.51. The summed E-state index contributed by atoms with van der Waals surface area (Å²) in [5.41, 5.74) is 0.383. The lowest BCUT2D eigenvalue weighted by molar-refractivity contribution is -0.161. The molecule has 1 heterocycles. The minimum absolute atomic E-state index is 0.0995. The molecule has 0 radical (unpaired) electrons. The Labute approximate surface area is 182 Å². The van der Waals surface area contributed by atoms with Gasteiger partial charge in [0.2, 0.25) is 13.6 Å². The minimum atomic E-state index is -0.643. The van der Waals surface area contributed by atoms with Crippen molar-refractivity contribution >= 4 is 18.0 Å². The number of hydrogen-bond donors (Lipinski definition) is 0. The second-order valence-corrected chi connectivity index (χ2v) is 8.16. The van der Waals surface area contributed by atoms with Crippen LogP contribution in [0.25, 0.3) is 0 Å². The summed E-state index contributed by atoms with van der Waals surface area (Å²) in [7, 11) is 0. The highest BCUT2D eigenvalue weighted by Gasteiger charge is 2.22. The highest BCUT2D eigenvalue weighted by molar-refractivity contribution is 5.78. The van der Waals surface area contributed by atoms with Gasteiger partial charge in [-0.05, 0) is 58.7 Å². The molecular formula is C22H31NO8. The number of rotatable bonds is 9. The fraction of sp³-hybridized carbons (Fsp3) is 0.591. The zero-order chi connectivity index (χ0) is 23.0. The second kappa shape index (κ2) is 10.9. The molecule has 0 aromatic heterocycles. The summed E-state index contributed by atoms with van der Waals surface area (Å²) < 4.78 is 25.8. The van der Waals surface area contributed by atoms with Crippen molar-refractivity contribution in [1.82, 2.24) is 4.90 Å². The predicted molar refractivity (Wildman–Crippen MR) is 111 cm³/mol. The van der Waals surface area contributed by atoms with Crippen LogP contribution in [0.2, 0.25) is 0 Å². The van der Waals surface area contributed by atoms with E-state index in [9.17, 15) is 14.4 Å². The van der Waals surface area contributed by atoms with Crippen LogP contribution in [0.4, 0.5) is 4.79 Å². The maximum absolute atomic E-state index is 12.4. The third-order valence-corrected chi connectivity index (χ3v) is 4.43. The maximum Gasteiger partial charge on any atom is 0.412 e. The zero-order valence-electron chi connectivity index (χ0n) is 18.8. The van der Waals surface area contributed by atoms with E-state index >= 15 is 0 Å². The van der Waals surface area contributed by atoms with Crippen molar-refractivity contribution in [3.05, 3.63) is 23.8 Å². The summed E-state index contributed by atoms with van der Waals surface area (Å²) in [4.78, 5) is 37.3. The third-order valence-electron chi connectivity index (χ3n) is 4.43. The number of carbonyl (C=O) groups is 3. The van der Waals surface area contributed by atoms with Crippen LogP contribution < -0.4 is 9.47 Å². The molecule has 1 aromatic carbocycles. The summed E-state index contributed by atoms with van der Waals surface area (Å²) in [5, 5.41) is 0. The highest BCUT2D eigenvalue weighted by Crippen LogP contribution is 2.33. The molecule has 9 heteroatoms. The van der Waals surface area contributed by atoms with E-state index in [4.69, 9.17) is 23.7 Å². The lowest BCUT2D eigenvalue weighted by Gasteiger charge is -2.27. The fourth-order valence-electron chi connectivity index (χ4n) is 3.04. The van der Waals surface area contributed by atoms with Gasteiger partial charge >= 0.3 is 18.0 Å². The number of benzene rings is 1. The zero-order valence-corrected chi connectivity index (χ0v) is 18.8. The number of esters is 2. The molecule has 1 amide bonds. The lowest BCUT2D eigenvalue weighted by Crippen LogP contribution is -2.40. The molecule has 9 nitrogen and oxygen atoms in total. The molecular weight excluding hydrogens is 406 g/mol. The number of ether oxygens (including phenoxy) is 5. The molecule has 31 heavy (non-hydrogen) atoms. The second-order valence-electron chi connectivity index (χ2n) is 8.16. The van der Waals surface area contributed by atoms with E-state index in [1.54, 1.807) is 25.7 Å². The summed E-state index contributed by atoms with van der Waals surface area (Å²) in [5.74, 6) is 0.260. The van der Waals surface area contributed by atoms with E-state index in [2.05, 4.69) is 0 Å². The Morgan fingerprint density at radius 3 is 2.42 bits per heavy atom. The van der Waals surface area contributed by atoms with E-state index < -0.39 is 30.4 Å². The van der Waals surface area contributed by atoms with Gasteiger partial charge in [0.1, 0.15) is 5.60 Å². The Morgan fingerprint density at radius 2 is 1.74 bits per heavy atom. The van der Waals surface area contributed by atoms with Crippen molar-refractivity contribution in [1.29, 1.82) is 0 Å². The van der Waals surface area contributed by atoms with Gasteiger partial charge in [-0.25, -0.2) is 4.79 Å². The average molecular weight is 437 g/mol. The van der Waals surface area contributed by atoms with Gasteiger partial charge in [0, 0.05) is 12.6 Å². The predicted octanol–water partition coefficient (Wildman–Crippen LogP) is 3.43. The Hall–Kier alpha value is -2.97. The molecule has 0 aliphatic carbocycles. The third kappa shape index (κ3) is 7.99. The van der Waals surface area contributed by atoms with E-state index in [-0.39, 0.29) is 25.7 Å². The van der Waals surface area contributed by atoms with E-state index in [0.29, 0.717) is 24.5 Å². The van der Waals surface area contributed by atoms with Crippen molar-refractivity contribution in [2.24, 2.45) is 0 Å². The van der Waals surface area contributed by atoms with Crippen LogP contribution in [0.15, 0.2) is 18.2 Å². The first kappa shape index (κ1) is 24.3. The fourth-order valence-corrected chi connectivity index (χ4v) is 3.04. The molecule has 0 bridgehead atoms. The first-order chi connectivity index (χ1) is 14.6. The van der Waals surface area contributed by atoms with Crippen molar-refractivity contribution in [2.45, 2.75) is 65.5 Å². The molecule has 1 aliphatic rings. The topological polar surface area (TPSA) is 101 Å². The van der Waals surface area contributed by atoms with Crippen molar-refractivity contribution in [3.63, 3.8) is 0 Å². The van der Waals surface area contributed by atoms with Gasteiger partial charge in [-0.1, -0.05) is 6.07 Å². The first-order valence-electron chi connectivity index (χ1n) is 10.3. The van der Waals surface area contributed by atoms with Gasteiger partial charge in [-0.15, -0.1) is 0 Å². The number of hydrogen-bond acceptors (Lipinski definition) is 8. The number of carbonyl (C=O) groups excluding carboxylic acids is 3. The highest BCUT2D eigenvalue weighted by atomic mass is 16.7. The molecule has 0 spiro atoms. The summed E-state index contributed by atoms with van der Waals surface area (Å²) in [6.07, 6.45) is -0.243. The van der Waals surface area contributed by atoms with Crippen molar-refractivity contribution in [2.75, 3.05) is 20.1 Å². The quantitative estimate of drug-likeness (QED) is 0.428. The number of likely N-dealkylation sites (N-methyl/N-ethyl adjacent to an activating group) is 1. The van der Waals surface area contributed by atoms with Gasteiger partial charge in [-0.2, -0.15) is 0 Å². The van der Waals surface area contributed by atoms with Crippen LogP contribution >= 0.6 is 0 Å². The van der Waals surface area contributed by atoms with E-state index in [0.717, 1.165) is 5.56 Å². The molecule has 2 rings (SSSR count). The smallest absolute Gasteiger partial charge is 0.412 e. The Kier molecular flexibility index (Phi) is 8.53. The van der Waals surface area contributed by atoms with Gasteiger partial charge in [0.05, 0.1) is 12.8 Å². The molecule has 0 fully saturated rings. The number of fused-ring (bicyclic) bond motifs is 1. The number of nitrogens with zero attached hydrogens (tertiary/aromatic N) is 1. The molecule has 0 unspecified atom stereocenters. The van der Waals surface area contributed by atoms with Crippen LogP contribution in [0.5, 0.6) is 11.5 Å².